The third kappa shape index (κ3) is 1.83. The average molecular weight is 255 g/mol. The van der Waals surface area contributed by atoms with Crippen molar-refractivity contribution >= 4 is 5.91 Å². The second kappa shape index (κ2) is 3.83. The Hall–Kier alpha value is -1.33. The molecular weight excluding hydrogens is 236 g/mol. The summed E-state index contributed by atoms with van der Waals surface area (Å²) in [5.74, 6) is 1.32. The molecule has 100 valence electrons. The third-order valence-electron chi connectivity index (χ3n) is 4.86. The van der Waals surface area contributed by atoms with E-state index in [2.05, 4.69) is 5.32 Å². The molecule has 4 saturated carbocycles. The Morgan fingerprint density at radius 2 is 1.94 bits per heavy atom. The lowest BCUT2D eigenvalue weighted by atomic mass is 9.52. The number of hydrogen-bond donors (Lipinski definition) is 2. The lowest BCUT2D eigenvalue weighted by Crippen LogP contribution is -2.62. The molecule has 0 heterocycles. The van der Waals surface area contributed by atoms with Crippen molar-refractivity contribution in [2.75, 3.05) is 0 Å². The quantitative estimate of drug-likeness (QED) is 0.742. The number of hydrogen-bond acceptors (Lipinski definition) is 3. The molecule has 0 spiro atoms. The zero-order valence-corrected chi connectivity index (χ0v) is 10.5. The molecule has 0 aromatic carbocycles. The summed E-state index contributed by atoms with van der Waals surface area (Å²) in [7, 11) is 0. The van der Waals surface area contributed by atoms with Crippen molar-refractivity contribution in [2.45, 2.75) is 50.7 Å². The van der Waals surface area contributed by atoms with E-state index in [0.717, 1.165) is 32.1 Å². The van der Waals surface area contributed by atoms with Crippen molar-refractivity contribution in [1.29, 1.82) is 0 Å². The van der Waals surface area contributed by atoms with Gasteiger partial charge in [-0.05, 0) is 49.9 Å². The number of nitrogens with zero attached hydrogens (tertiary/aromatic N) is 1. The van der Waals surface area contributed by atoms with Crippen LogP contribution in [-0.4, -0.2) is 27.8 Å². The molecular formula is C12H19N2O4+. The predicted molar refractivity (Wildman–Crippen MR) is 60.4 cm³/mol. The van der Waals surface area contributed by atoms with E-state index in [-0.39, 0.29) is 17.0 Å². The second-order valence-corrected chi connectivity index (χ2v) is 6.21. The summed E-state index contributed by atoms with van der Waals surface area (Å²) in [4.78, 5) is 27.1. The molecule has 2 atom stereocenters. The zero-order valence-electron chi connectivity index (χ0n) is 10.5. The first-order valence-corrected chi connectivity index (χ1v) is 6.60. The maximum Gasteiger partial charge on any atom is 0.475 e. The molecule has 2 N–H and O–H groups in total. The first-order valence-electron chi connectivity index (χ1n) is 6.60. The minimum absolute atomic E-state index is 0.00931. The molecule has 18 heavy (non-hydrogen) atoms. The van der Waals surface area contributed by atoms with Crippen LogP contribution in [0, 0.1) is 22.7 Å². The SMILES string of the molecule is CC(=O)NC1C2CC3CC1CC(O[N+](=O)O)(C3)C2. The minimum atomic E-state index is -0.498. The van der Waals surface area contributed by atoms with Gasteiger partial charge in [0, 0.05) is 13.0 Å². The Bertz CT molecular complexity index is 382. The average Bonchev–Trinajstić information content (AvgIpc) is 2.20. The van der Waals surface area contributed by atoms with E-state index in [9.17, 15) is 9.70 Å². The Kier molecular flexibility index (Phi) is 2.50. The summed E-state index contributed by atoms with van der Waals surface area (Å²) in [6.45, 7) is 1.55. The van der Waals surface area contributed by atoms with Crippen LogP contribution in [0.5, 0.6) is 0 Å². The van der Waals surface area contributed by atoms with E-state index in [0.29, 0.717) is 17.8 Å². The molecule has 2 unspecified atom stereocenters. The molecule has 4 aliphatic rings. The largest absolute Gasteiger partial charge is 0.475 e. The molecule has 4 aliphatic carbocycles. The van der Waals surface area contributed by atoms with Crippen LogP contribution in [0.25, 0.3) is 0 Å². The van der Waals surface area contributed by atoms with Crippen LogP contribution in [0.3, 0.4) is 0 Å². The molecule has 6 nitrogen and oxygen atoms in total. The number of rotatable bonds is 3. The standard InChI is InChI=1S/C12H18N2O4/c1-7(15)13-11-9-2-8-3-10(11)6-12(4-8,5-9)18-14(16)17/h8-11H,2-6H2,1H3,(H-,13,15,16,17)/p+1. The van der Waals surface area contributed by atoms with E-state index >= 15 is 0 Å². The van der Waals surface area contributed by atoms with Gasteiger partial charge in [0.1, 0.15) is 4.91 Å². The Morgan fingerprint density at radius 3 is 2.44 bits per heavy atom. The second-order valence-electron chi connectivity index (χ2n) is 6.21. The molecule has 6 heteroatoms. The van der Waals surface area contributed by atoms with Crippen molar-refractivity contribution in [3.63, 3.8) is 0 Å². The topological polar surface area (TPSA) is 78.6 Å². The van der Waals surface area contributed by atoms with E-state index in [1.54, 1.807) is 6.92 Å². The summed E-state index contributed by atoms with van der Waals surface area (Å²) in [6.07, 6.45) is 4.55. The van der Waals surface area contributed by atoms with Gasteiger partial charge in [0.25, 0.3) is 0 Å². The summed E-state index contributed by atoms with van der Waals surface area (Å²) >= 11 is 0. The summed E-state index contributed by atoms with van der Waals surface area (Å²) in [5.41, 5.74) is -0.498. The van der Waals surface area contributed by atoms with E-state index in [4.69, 9.17) is 10.0 Å². The van der Waals surface area contributed by atoms with Crippen molar-refractivity contribution in [1.82, 2.24) is 5.32 Å². The van der Waals surface area contributed by atoms with Crippen LogP contribution >= 0.6 is 0 Å². The predicted octanol–water partition coefficient (Wildman–Crippen LogP) is 1.17. The van der Waals surface area contributed by atoms with E-state index < -0.39 is 5.60 Å². The van der Waals surface area contributed by atoms with E-state index in [1.807, 2.05) is 0 Å². The van der Waals surface area contributed by atoms with Crippen molar-refractivity contribution in [2.24, 2.45) is 17.8 Å². The third-order valence-corrected chi connectivity index (χ3v) is 4.86. The van der Waals surface area contributed by atoms with Gasteiger partial charge in [-0.25, -0.2) is 5.21 Å². The highest BCUT2D eigenvalue weighted by atomic mass is 17.0. The number of carbonyl (C=O) groups excluding carboxylic acids is 1. The molecule has 4 rings (SSSR count). The van der Waals surface area contributed by atoms with E-state index in [1.165, 1.54) is 0 Å². The van der Waals surface area contributed by atoms with Crippen LogP contribution in [0.15, 0.2) is 0 Å². The van der Waals surface area contributed by atoms with Gasteiger partial charge < -0.3 is 5.32 Å². The van der Waals surface area contributed by atoms with Crippen molar-refractivity contribution in [3.05, 3.63) is 4.91 Å². The van der Waals surface area contributed by atoms with Crippen molar-refractivity contribution < 1.29 is 19.9 Å². The van der Waals surface area contributed by atoms with Gasteiger partial charge in [-0.15, -0.1) is 0 Å². The van der Waals surface area contributed by atoms with Gasteiger partial charge in [0.2, 0.25) is 5.91 Å². The van der Waals surface area contributed by atoms with Crippen molar-refractivity contribution in [3.8, 4) is 0 Å². The van der Waals surface area contributed by atoms with Gasteiger partial charge in [-0.2, -0.15) is 4.84 Å². The molecule has 0 radical (unpaired) electrons. The van der Waals surface area contributed by atoms with Crippen LogP contribution in [-0.2, 0) is 9.63 Å². The summed E-state index contributed by atoms with van der Waals surface area (Å²) < 4.78 is 0. The van der Waals surface area contributed by atoms with Crippen LogP contribution in [0.1, 0.15) is 39.0 Å². The Morgan fingerprint density at radius 1 is 1.33 bits per heavy atom. The van der Waals surface area contributed by atoms with Crippen LogP contribution in [0.4, 0.5) is 0 Å². The minimum Gasteiger partial charge on any atom is -0.353 e. The Labute approximate surface area is 105 Å². The Balaban J connectivity index is 1.79. The van der Waals surface area contributed by atoms with Crippen LogP contribution in [0.2, 0.25) is 0 Å². The molecule has 0 aliphatic heterocycles. The molecule has 4 bridgehead atoms. The highest BCUT2D eigenvalue weighted by Crippen LogP contribution is 2.57. The van der Waals surface area contributed by atoms with Gasteiger partial charge in [-0.1, -0.05) is 0 Å². The maximum absolute atomic E-state index is 11.3. The summed E-state index contributed by atoms with van der Waals surface area (Å²) in [6, 6.07) is 0.217. The van der Waals surface area contributed by atoms with Gasteiger partial charge in [-0.3, -0.25) is 4.79 Å². The molecule has 1 amide bonds. The van der Waals surface area contributed by atoms with Gasteiger partial charge >= 0.3 is 5.09 Å². The highest BCUT2D eigenvalue weighted by Gasteiger charge is 2.60. The fourth-order valence-corrected chi connectivity index (χ4v) is 4.70. The fraction of sp³-hybridized carbons (Fsp3) is 0.917. The number of carbonyl (C=O) groups is 1. The van der Waals surface area contributed by atoms with Gasteiger partial charge in [0.15, 0.2) is 5.60 Å². The lowest BCUT2D eigenvalue weighted by molar-refractivity contribution is -0.990. The first kappa shape index (κ1) is 11.7. The molecule has 0 aromatic rings. The highest BCUT2D eigenvalue weighted by molar-refractivity contribution is 5.73. The first-order chi connectivity index (χ1) is 8.47. The fourth-order valence-electron chi connectivity index (χ4n) is 4.70. The molecule has 4 fully saturated rings. The summed E-state index contributed by atoms with van der Waals surface area (Å²) in [5, 5.41) is 11.5. The smallest absolute Gasteiger partial charge is 0.353 e. The molecule has 0 saturated heterocycles. The molecule has 0 aromatic heterocycles. The van der Waals surface area contributed by atoms with Crippen LogP contribution < -0.4 is 5.32 Å². The number of amides is 1. The lowest BCUT2D eigenvalue weighted by Gasteiger charge is -2.56. The van der Waals surface area contributed by atoms with Gasteiger partial charge in [0.05, 0.1) is 0 Å². The monoisotopic (exact) mass is 255 g/mol. The normalized spacial score (nSPS) is 44.7. The maximum atomic E-state index is 11.3. The zero-order chi connectivity index (χ0) is 12.9. The number of nitrogens with one attached hydrogen (secondary N) is 1.